The third-order valence-electron chi connectivity index (χ3n) is 4.70. The van der Waals surface area contributed by atoms with E-state index in [2.05, 4.69) is 15.9 Å². The first-order valence-corrected chi connectivity index (χ1v) is 10.9. The molecule has 2 rings (SSSR count). The van der Waals surface area contributed by atoms with Gasteiger partial charge >= 0.3 is 5.97 Å². The van der Waals surface area contributed by atoms with E-state index in [0.717, 1.165) is 35.2 Å². The van der Waals surface area contributed by atoms with Crippen LogP contribution in [0.15, 0.2) is 40.2 Å². The third-order valence-corrected chi connectivity index (χ3v) is 6.30. The molecule has 150 valence electrons. The SMILES string of the molecule is O=C(O)CCCC=CC[C@H]1C(O)CC[C@@H]1C=C[C@@H](O)COc1cc(Br)cs1. The summed E-state index contributed by atoms with van der Waals surface area (Å²) in [7, 11) is 0. The average Bonchev–Trinajstić information content (AvgIpc) is 3.20. The highest BCUT2D eigenvalue weighted by molar-refractivity contribution is 9.10. The van der Waals surface area contributed by atoms with E-state index in [1.54, 1.807) is 6.08 Å². The van der Waals surface area contributed by atoms with Crippen molar-refractivity contribution < 1.29 is 24.9 Å². The summed E-state index contributed by atoms with van der Waals surface area (Å²) in [4.78, 5) is 10.5. The van der Waals surface area contributed by atoms with Crippen LogP contribution >= 0.6 is 27.3 Å². The van der Waals surface area contributed by atoms with E-state index in [1.165, 1.54) is 11.3 Å². The number of unbranched alkanes of at least 4 members (excludes halogenated alkanes) is 1. The van der Waals surface area contributed by atoms with Gasteiger partial charge in [0.05, 0.1) is 6.10 Å². The quantitative estimate of drug-likeness (QED) is 0.338. The number of ether oxygens (including phenoxy) is 1. The molecule has 3 N–H and O–H groups in total. The number of hydrogen-bond acceptors (Lipinski definition) is 5. The maximum absolute atomic E-state index is 10.5. The van der Waals surface area contributed by atoms with Crippen LogP contribution < -0.4 is 4.74 Å². The lowest BCUT2D eigenvalue weighted by Crippen LogP contribution is -2.19. The van der Waals surface area contributed by atoms with Gasteiger partial charge in [0.1, 0.15) is 12.7 Å². The van der Waals surface area contributed by atoms with Crippen LogP contribution in [0.5, 0.6) is 5.06 Å². The number of aliphatic hydroxyl groups is 2. The molecule has 7 heteroatoms. The number of carbonyl (C=O) groups is 1. The van der Waals surface area contributed by atoms with E-state index in [1.807, 2.05) is 29.7 Å². The Bertz CT molecular complexity index is 642. The highest BCUT2D eigenvalue weighted by Gasteiger charge is 2.32. The zero-order valence-corrected chi connectivity index (χ0v) is 17.6. The van der Waals surface area contributed by atoms with Crippen molar-refractivity contribution in [3.8, 4) is 5.06 Å². The van der Waals surface area contributed by atoms with Gasteiger partial charge in [-0.25, -0.2) is 0 Å². The normalized spacial score (nSPS) is 24.0. The van der Waals surface area contributed by atoms with Gasteiger partial charge in [-0.15, -0.1) is 11.3 Å². The molecule has 0 amide bonds. The fraction of sp³-hybridized carbons (Fsp3) is 0.550. The van der Waals surface area contributed by atoms with Crippen molar-refractivity contribution in [3.63, 3.8) is 0 Å². The molecule has 1 aromatic rings. The number of aliphatic hydroxyl groups excluding tert-OH is 2. The molecule has 4 atom stereocenters. The van der Waals surface area contributed by atoms with Crippen LogP contribution in [-0.2, 0) is 4.79 Å². The van der Waals surface area contributed by atoms with Gasteiger partial charge in [0.2, 0.25) is 0 Å². The Labute approximate surface area is 172 Å². The van der Waals surface area contributed by atoms with Crippen LogP contribution in [0.3, 0.4) is 0 Å². The molecule has 1 aromatic heterocycles. The Balaban J connectivity index is 1.74. The van der Waals surface area contributed by atoms with E-state index in [9.17, 15) is 15.0 Å². The minimum atomic E-state index is -0.769. The molecule has 1 unspecified atom stereocenters. The first kappa shape index (κ1) is 22.1. The van der Waals surface area contributed by atoms with Crippen molar-refractivity contribution in [3.05, 3.63) is 40.2 Å². The second-order valence-electron chi connectivity index (χ2n) is 6.81. The summed E-state index contributed by atoms with van der Waals surface area (Å²) in [6.07, 6.45) is 10.8. The van der Waals surface area contributed by atoms with E-state index >= 15 is 0 Å². The molecule has 0 spiro atoms. The first-order chi connectivity index (χ1) is 13.0. The maximum atomic E-state index is 10.5. The highest BCUT2D eigenvalue weighted by atomic mass is 79.9. The minimum Gasteiger partial charge on any atom is -0.481 e. The zero-order valence-electron chi connectivity index (χ0n) is 15.2. The van der Waals surface area contributed by atoms with Gasteiger partial charge in [0, 0.05) is 22.3 Å². The van der Waals surface area contributed by atoms with Gasteiger partial charge in [-0.1, -0.05) is 24.3 Å². The number of carboxylic acid groups (broad SMARTS) is 1. The van der Waals surface area contributed by atoms with E-state index in [4.69, 9.17) is 9.84 Å². The van der Waals surface area contributed by atoms with Gasteiger partial charge < -0.3 is 20.1 Å². The molecule has 0 saturated heterocycles. The number of thiophene rings is 1. The van der Waals surface area contributed by atoms with Crippen LogP contribution in [0.1, 0.15) is 38.5 Å². The van der Waals surface area contributed by atoms with Crippen LogP contribution in [-0.4, -0.2) is 40.1 Å². The van der Waals surface area contributed by atoms with E-state index in [-0.39, 0.29) is 31.0 Å². The molecule has 1 heterocycles. The Morgan fingerprint density at radius 3 is 2.93 bits per heavy atom. The summed E-state index contributed by atoms with van der Waals surface area (Å²) in [5.41, 5.74) is 0. The van der Waals surface area contributed by atoms with E-state index in [0.29, 0.717) is 6.42 Å². The molecule has 1 aliphatic carbocycles. The van der Waals surface area contributed by atoms with Crippen LogP contribution in [0.2, 0.25) is 0 Å². The average molecular weight is 459 g/mol. The fourth-order valence-corrected chi connectivity index (χ4v) is 4.52. The first-order valence-electron chi connectivity index (χ1n) is 9.23. The molecule has 0 radical (unpaired) electrons. The van der Waals surface area contributed by atoms with Crippen LogP contribution in [0, 0.1) is 11.8 Å². The van der Waals surface area contributed by atoms with Crippen molar-refractivity contribution in [2.24, 2.45) is 11.8 Å². The highest BCUT2D eigenvalue weighted by Crippen LogP contribution is 2.36. The molecular weight excluding hydrogens is 432 g/mol. The van der Waals surface area contributed by atoms with E-state index < -0.39 is 12.1 Å². The monoisotopic (exact) mass is 458 g/mol. The molecule has 5 nitrogen and oxygen atoms in total. The number of hydrogen-bond donors (Lipinski definition) is 3. The van der Waals surface area contributed by atoms with Gasteiger partial charge in [0.25, 0.3) is 0 Å². The third kappa shape index (κ3) is 8.17. The molecule has 0 aliphatic heterocycles. The van der Waals surface area contributed by atoms with Crippen molar-refractivity contribution in [1.29, 1.82) is 0 Å². The van der Waals surface area contributed by atoms with Crippen molar-refractivity contribution >= 4 is 33.2 Å². The maximum Gasteiger partial charge on any atom is 0.303 e. The Hall–Kier alpha value is -1.15. The molecule has 1 saturated carbocycles. The molecule has 0 bridgehead atoms. The lowest BCUT2D eigenvalue weighted by atomic mass is 9.90. The topological polar surface area (TPSA) is 87.0 Å². The van der Waals surface area contributed by atoms with Crippen molar-refractivity contribution in [1.82, 2.24) is 0 Å². The summed E-state index contributed by atoms with van der Waals surface area (Å²) < 4.78 is 6.52. The smallest absolute Gasteiger partial charge is 0.303 e. The number of aliphatic carboxylic acids is 1. The number of halogens is 1. The predicted molar refractivity (Wildman–Crippen MR) is 110 cm³/mol. The largest absolute Gasteiger partial charge is 0.481 e. The second-order valence-corrected chi connectivity index (χ2v) is 8.60. The Kier molecular flexibility index (Phi) is 9.54. The molecule has 1 aliphatic rings. The Morgan fingerprint density at radius 1 is 1.41 bits per heavy atom. The molecule has 0 aromatic carbocycles. The standard InChI is InChI=1S/C20H27BrO5S/c21-15-11-20(27-13-15)26-12-16(22)9-7-14-8-10-18(23)17(14)5-3-1-2-4-6-19(24)25/h1,3,7,9,11,13-14,16-18,22-23H,2,4-6,8,10,12H2,(H,24,25)/t14-,16+,17+,18?/m0/s1. The summed E-state index contributed by atoms with van der Waals surface area (Å²) in [6.45, 7) is 0.201. The number of allylic oxidation sites excluding steroid dienone is 3. The molecule has 27 heavy (non-hydrogen) atoms. The van der Waals surface area contributed by atoms with Gasteiger partial charge in [-0.3, -0.25) is 4.79 Å². The Morgan fingerprint density at radius 2 is 2.22 bits per heavy atom. The zero-order chi connectivity index (χ0) is 19.6. The lowest BCUT2D eigenvalue weighted by Gasteiger charge is -2.18. The van der Waals surface area contributed by atoms with Gasteiger partial charge in [-0.05, 0) is 59.9 Å². The van der Waals surface area contributed by atoms with Crippen molar-refractivity contribution in [2.45, 2.75) is 50.7 Å². The number of rotatable bonds is 11. The summed E-state index contributed by atoms with van der Waals surface area (Å²) in [5, 5.41) is 31.6. The minimum absolute atomic E-state index is 0.137. The fourth-order valence-electron chi connectivity index (χ4n) is 3.25. The summed E-state index contributed by atoms with van der Waals surface area (Å²) >= 11 is 4.84. The molecular formula is C20H27BrO5S. The van der Waals surface area contributed by atoms with Gasteiger partial charge in [-0.2, -0.15) is 0 Å². The lowest BCUT2D eigenvalue weighted by molar-refractivity contribution is -0.137. The van der Waals surface area contributed by atoms with Gasteiger partial charge in [0.15, 0.2) is 5.06 Å². The van der Waals surface area contributed by atoms with Crippen molar-refractivity contribution in [2.75, 3.05) is 6.61 Å². The van der Waals surface area contributed by atoms with Crippen LogP contribution in [0.4, 0.5) is 0 Å². The predicted octanol–water partition coefficient (Wildman–Crippen LogP) is 4.39. The summed E-state index contributed by atoms with van der Waals surface area (Å²) in [6, 6.07) is 1.87. The second kappa shape index (κ2) is 11.6. The summed E-state index contributed by atoms with van der Waals surface area (Å²) in [5.74, 6) is -0.401. The molecule has 1 fully saturated rings. The number of carboxylic acids is 1. The van der Waals surface area contributed by atoms with Crippen LogP contribution in [0.25, 0.3) is 0 Å².